The van der Waals surface area contributed by atoms with Crippen LogP contribution in [0.2, 0.25) is 0 Å². The topological polar surface area (TPSA) is 0 Å². The average Bonchev–Trinajstić information content (AvgIpc) is 3.59. The Morgan fingerprint density at radius 1 is 0.391 bits per heavy atom. The Bertz CT molecular complexity index is 2580. The van der Waals surface area contributed by atoms with E-state index in [-0.39, 0.29) is 0 Å². The molecule has 8 aromatic carbocycles. The van der Waals surface area contributed by atoms with Gasteiger partial charge in [-0.1, -0.05) is 151 Å². The zero-order valence-electron chi connectivity index (χ0n) is 24.9. The number of hydrogen-bond acceptors (Lipinski definition) is 1. The summed E-state index contributed by atoms with van der Waals surface area (Å²) in [7, 11) is 0. The van der Waals surface area contributed by atoms with E-state index in [0.717, 1.165) is 0 Å². The van der Waals surface area contributed by atoms with Crippen LogP contribution < -0.4 is 0 Å². The first kappa shape index (κ1) is 24.9. The summed E-state index contributed by atoms with van der Waals surface area (Å²) in [5, 5.41) is 5.29. The molecule has 8 aromatic rings. The SMILES string of the molecule is c1ccc2c(c1)Sc1cccc3ccc(-c4ccc5c(c4)C4(c6ccccc6-c6ccccc64)c4c-5ccc5ccccc45)c-2c13. The van der Waals surface area contributed by atoms with Gasteiger partial charge in [-0.05, 0) is 101 Å². The van der Waals surface area contributed by atoms with Crippen LogP contribution in [0.1, 0.15) is 22.3 Å². The molecule has 0 bridgehead atoms. The van der Waals surface area contributed by atoms with Gasteiger partial charge in [-0.25, -0.2) is 0 Å². The van der Waals surface area contributed by atoms with E-state index in [2.05, 4.69) is 158 Å². The molecule has 0 fully saturated rings. The molecule has 3 aliphatic rings. The second-order valence-electron chi connectivity index (χ2n) is 12.8. The summed E-state index contributed by atoms with van der Waals surface area (Å²) >= 11 is 1.89. The Labute approximate surface area is 272 Å². The Morgan fingerprint density at radius 2 is 1.00 bits per heavy atom. The quantitative estimate of drug-likeness (QED) is 0.181. The molecule has 46 heavy (non-hydrogen) atoms. The van der Waals surface area contributed by atoms with Crippen molar-refractivity contribution in [2.45, 2.75) is 15.2 Å². The third kappa shape index (κ3) is 2.97. The van der Waals surface area contributed by atoms with Crippen LogP contribution in [0.5, 0.6) is 0 Å². The largest absolute Gasteiger partial charge is 0.0888 e. The van der Waals surface area contributed by atoms with Crippen molar-refractivity contribution >= 4 is 33.3 Å². The molecule has 0 saturated heterocycles. The molecule has 1 spiro atoms. The summed E-state index contributed by atoms with van der Waals surface area (Å²) in [5.74, 6) is 0. The Morgan fingerprint density at radius 3 is 1.85 bits per heavy atom. The summed E-state index contributed by atoms with van der Waals surface area (Å²) in [4.78, 5) is 2.66. The fraction of sp³-hybridized carbons (Fsp3) is 0.0222. The van der Waals surface area contributed by atoms with E-state index in [9.17, 15) is 0 Å². The molecule has 0 aromatic heterocycles. The first-order valence-corrected chi connectivity index (χ1v) is 16.8. The van der Waals surface area contributed by atoms with Crippen LogP contribution in [0.15, 0.2) is 168 Å². The van der Waals surface area contributed by atoms with E-state index in [1.807, 2.05) is 11.8 Å². The molecule has 0 N–H and O–H groups in total. The third-order valence-electron chi connectivity index (χ3n) is 10.7. The van der Waals surface area contributed by atoms with Gasteiger partial charge >= 0.3 is 0 Å². The molecule has 1 heterocycles. The van der Waals surface area contributed by atoms with Crippen LogP contribution >= 0.6 is 11.8 Å². The smallest absolute Gasteiger partial charge is 0.0731 e. The van der Waals surface area contributed by atoms with Gasteiger partial charge in [0, 0.05) is 15.2 Å². The fourth-order valence-electron chi connectivity index (χ4n) is 8.92. The molecule has 1 heteroatoms. The van der Waals surface area contributed by atoms with Crippen molar-refractivity contribution < 1.29 is 0 Å². The normalized spacial score (nSPS) is 14.2. The molecule has 0 unspecified atom stereocenters. The molecule has 0 amide bonds. The van der Waals surface area contributed by atoms with Crippen LogP contribution in [-0.4, -0.2) is 0 Å². The second-order valence-corrected chi connectivity index (χ2v) is 13.8. The highest BCUT2D eigenvalue weighted by atomic mass is 32.2. The zero-order chi connectivity index (χ0) is 30.0. The van der Waals surface area contributed by atoms with Crippen molar-refractivity contribution in [3.63, 3.8) is 0 Å². The number of benzene rings is 8. The van der Waals surface area contributed by atoms with Gasteiger partial charge in [-0.15, -0.1) is 0 Å². The van der Waals surface area contributed by atoms with Crippen LogP contribution in [0.3, 0.4) is 0 Å². The van der Waals surface area contributed by atoms with Gasteiger partial charge < -0.3 is 0 Å². The van der Waals surface area contributed by atoms with E-state index in [1.54, 1.807) is 0 Å². The Hall–Kier alpha value is -5.37. The summed E-state index contributed by atoms with van der Waals surface area (Å²) in [6.07, 6.45) is 0. The molecule has 1 aliphatic heterocycles. The second kappa shape index (κ2) is 8.88. The van der Waals surface area contributed by atoms with Crippen molar-refractivity contribution in [3.05, 3.63) is 180 Å². The highest BCUT2D eigenvalue weighted by Crippen LogP contribution is 2.64. The average molecular weight is 599 g/mol. The van der Waals surface area contributed by atoms with E-state index >= 15 is 0 Å². The molecular weight excluding hydrogens is 573 g/mol. The van der Waals surface area contributed by atoms with Crippen LogP contribution in [-0.2, 0) is 5.41 Å². The van der Waals surface area contributed by atoms with E-state index < -0.39 is 5.41 Å². The third-order valence-corrected chi connectivity index (χ3v) is 11.8. The minimum Gasteiger partial charge on any atom is -0.0888 e. The molecule has 212 valence electrons. The van der Waals surface area contributed by atoms with Crippen molar-refractivity contribution in [2.75, 3.05) is 0 Å². The summed E-state index contributed by atoms with van der Waals surface area (Å²) in [6.45, 7) is 0. The predicted molar refractivity (Wildman–Crippen MR) is 193 cm³/mol. The zero-order valence-corrected chi connectivity index (χ0v) is 25.7. The van der Waals surface area contributed by atoms with Crippen molar-refractivity contribution in [1.82, 2.24) is 0 Å². The predicted octanol–water partition coefficient (Wildman–Crippen LogP) is 12.1. The molecule has 0 radical (unpaired) electrons. The molecule has 0 saturated carbocycles. The summed E-state index contributed by atoms with van der Waals surface area (Å²) in [5.41, 5.74) is 15.8. The van der Waals surface area contributed by atoms with Crippen molar-refractivity contribution in [1.29, 1.82) is 0 Å². The van der Waals surface area contributed by atoms with Gasteiger partial charge in [0.15, 0.2) is 0 Å². The standard InChI is InChI=1S/C45H26S/c1-2-12-31-27(10-1)20-25-35-34-24-22-29(30-23-21-28-11-9-19-41-42(28)43(30)36-15-5-8-18-40(36)46-41)26-39(34)45(44(31)35)37-16-6-3-13-32(37)33-14-4-7-17-38(33)45/h1-26H. The Kier molecular flexibility index (Phi) is 4.80. The highest BCUT2D eigenvalue weighted by molar-refractivity contribution is 7.99. The number of hydrogen-bond donors (Lipinski definition) is 0. The molecule has 0 nitrogen and oxygen atoms in total. The lowest BCUT2D eigenvalue weighted by Crippen LogP contribution is -2.26. The molecule has 11 rings (SSSR count). The van der Waals surface area contributed by atoms with Crippen LogP contribution in [0.25, 0.3) is 66.1 Å². The summed E-state index contributed by atoms with van der Waals surface area (Å²) < 4.78 is 0. The first-order valence-electron chi connectivity index (χ1n) is 16.0. The lowest BCUT2D eigenvalue weighted by molar-refractivity contribution is 0.801. The summed E-state index contributed by atoms with van der Waals surface area (Å²) in [6, 6.07) is 59.5. The fourth-order valence-corrected chi connectivity index (χ4v) is 10.0. The van der Waals surface area contributed by atoms with Gasteiger partial charge in [0.1, 0.15) is 0 Å². The first-order chi connectivity index (χ1) is 22.8. The molecule has 0 atom stereocenters. The van der Waals surface area contributed by atoms with E-state index in [1.165, 1.54) is 98.1 Å². The van der Waals surface area contributed by atoms with Crippen LogP contribution in [0.4, 0.5) is 0 Å². The lowest BCUT2D eigenvalue weighted by atomic mass is 9.69. The molecular formula is C45H26S. The number of fused-ring (bicyclic) bond motifs is 14. The maximum Gasteiger partial charge on any atom is 0.0731 e. The highest BCUT2D eigenvalue weighted by Gasteiger charge is 2.52. The van der Waals surface area contributed by atoms with Crippen molar-refractivity contribution in [2.24, 2.45) is 0 Å². The van der Waals surface area contributed by atoms with Crippen LogP contribution in [0, 0.1) is 0 Å². The Balaban J connectivity index is 1.28. The monoisotopic (exact) mass is 598 g/mol. The minimum absolute atomic E-state index is 0.401. The lowest BCUT2D eigenvalue weighted by Gasteiger charge is -2.32. The van der Waals surface area contributed by atoms with Gasteiger partial charge in [0.2, 0.25) is 0 Å². The van der Waals surface area contributed by atoms with Gasteiger partial charge in [-0.3, -0.25) is 0 Å². The maximum atomic E-state index is 2.54. The molecule has 2 aliphatic carbocycles. The van der Waals surface area contributed by atoms with Gasteiger partial charge in [0.25, 0.3) is 0 Å². The van der Waals surface area contributed by atoms with Crippen molar-refractivity contribution in [3.8, 4) is 44.5 Å². The van der Waals surface area contributed by atoms with E-state index in [4.69, 9.17) is 0 Å². The van der Waals surface area contributed by atoms with Gasteiger partial charge in [0.05, 0.1) is 5.41 Å². The maximum absolute atomic E-state index is 2.54. The van der Waals surface area contributed by atoms with Gasteiger partial charge in [-0.2, -0.15) is 0 Å². The van der Waals surface area contributed by atoms with E-state index in [0.29, 0.717) is 0 Å². The number of rotatable bonds is 1. The minimum atomic E-state index is -0.401.